The zero-order valence-electron chi connectivity index (χ0n) is 21.5. The van der Waals surface area contributed by atoms with Crippen LogP contribution in [0.15, 0.2) is 54.6 Å². The number of carbonyl (C=O) groups is 2. The first-order valence-electron chi connectivity index (χ1n) is 12.6. The number of imidazole rings is 1. The summed E-state index contributed by atoms with van der Waals surface area (Å²) >= 11 is 0. The van der Waals surface area contributed by atoms with E-state index in [1.165, 1.54) is 12.1 Å². The van der Waals surface area contributed by atoms with E-state index in [2.05, 4.69) is 10.3 Å². The van der Waals surface area contributed by atoms with Crippen molar-refractivity contribution in [2.24, 2.45) is 0 Å². The van der Waals surface area contributed by atoms with Gasteiger partial charge in [0.1, 0.15) is 29.7 Å². The Morgan fingerprint density at radius 1 is 1.05 bits per heavy atom. The third kappa shape index (κ3) is 8.12. The number of aliphatic carboxylic acids is 1. The molecule has 4 N–H and O–H groups in total. The topological polar surface area (TPSA) is 134 Å². The van der Waals surface area contributed by atoms with Crippen LogP contribution in [0.5, 0.6) is 5.75 Å². The maximum absolute atomic E-state index is 13.6. The molecule has 0 radical (unpaired) electrons. The first-order chi connectivity index (χ1) is 18.2. The second-order valence-corrected chi connectivity index (χ2v) is 9.33. The van der Waals surface area contributed by atoms with Crippen LogP contribution in [0.2, 0.25) is 0 Å². The van der Waals surface area contributed by atoms with E-state index < -0.39 is 30.4 Å². The van der Waals surface area contributed by atoms with Gasteiger partial charge >= 0.3 is 5.97 Å². The van der Waals surface area contributed by atoms with Gasteiger partial charge in [-0.25, -0.2) is 9.37 Å². The summed E-state index contributed by atoms with van der Waals surface area (Å²) in [7, 11) is 0. The first-order valence-corrected chi connectivity index (χ1v) is 12.6. The van der Waals surface area contributed by atoms with Crippen molar-refractivity contribution in [1.29, 1.82) is 0 Å². The van der Waals surface area contributed by atoms with E-state index in [1.54, 1.807) is 12.1 Å². The number of carbonyl (C=O) groups excluding carboxylic acids is 1. The van der Waals surface area contributed by atoms with Crippen molar-refractivity contribution >= 4 is 11.9 Å². The highest BCUT2D eigenvalue weighted by atomic mass is 19.1. The number of hydrogen-bond donors (Lipinski definition) is 4. The molecule has 0 unspecified atom stereocenters. The van der Waals surface area contributed by atoms with Crippen LogP contribution in [0.1, 0.15) is 55.2 Å². The number of amides is 1. The molecule has 0 aliphatic carbocycles. The summed E-state index contributed by atoms with van der Waals surface area (Å²) in [5.41, 5.74) is 1.46. The van der Waals surface area contributed by atoms with Gasteiger partial charge in [-0.1, -0.05) is 32.0 Å². The molecule has 0 aliphatic heterocycles. The van der Waals surface area contributed by atoms with Crippen molar-refractivity contribution < 1.29 is 34.0 Å². The summed E-state index contributed by atoms with van der Waals surface area (Å²) in [6.45, 7) is 4.61. The lowest BCUT2D eigenvalue weighted by Gasteiger charge is -2.19. The standard InChI is InChI=1S/C28H34FN3O6/c1-18(2)26-25(28(37)30-13-15-38-23-6-4-3-5-7-23)31-27(19-8-10-20(29)11-9-19)32(26)14-12-21(33)16-22(34)17-24(35)36/h3-11,18,21-22,33-34H,12-17H2,1-2H3,(H,30,37)(H,35,36)/t21-,22-/m1/s1. The largest absolute Gasteiger partial charge is 0.492 e. The minimum Gasteiger partial charge on any atom is -0.492 e. The summed E-state index contributed by atoms with van der Waals surface area (Å²) in [4.78, 5) is 28.6. The van der Waals surface area contributed by atoms with Crippen molar-refractivity contribution in [1.82, 2.24) is 14.9 Å². The lowest BCUT2D eigenvalue weighted by Crippen LogP contribution is -2.29. The number of rotatable bonds is 14. The first kappa shape index (κ1) is 28.8. The molecule has 2 aromatic carbocycles. The average molecular weight is 528 g/mol. The van der Waals surface area contributed by atoms with Gasteiger partial charge in [-0.15, -0.1) is 0 Å². The minimum absolute atomic E-state index is 0.0986. The van der Waals surface area contributed by atoms with Gasteiger partial charge in [-0.3, -0.25) is 9.59 Å². The number of ether oxygens (including phenoxy) is 1. The van der Waals surface area contributed by atoms with Crippen molar-refractivity contribution in [3.63, 3.8) is 0 Å². The van der Waals surface area contributed by atoms with Crippen LogP contribution < -0.4 is 10.1 Å². The van der Waals surface area contributed by atoms with Crippen molar-refractivity contribution in [2.45, 2.75) is 57.8 Å². The molecule has 0 spiro atoms. The quantitative estimate of drug-likeness (QED) is 0.235. The van der Waals surface area contributed by atoms with Gasteiger partial charge in [0, 0.05) is 12.1 Å². The zero-order chi connectivity index (χ0) is 27.7. The zero-order valence-corrected chi connectivity index (χ0v) is 21.5. The summed E-state index contributed by atoms with van der Waals surface area (Å²) in [5, 5.41) is 32.0. The Morgan fingerprint density at radius 2 is 1.74 bits per heavy atom. The number of carboxylic acid groups (broad SMARTS) is 1. The maximum Gasteiger partial charge on any atom is 0.305 e. The van der Waals surface area contributed by atoms with E-state index in [0.29, 0.717) is 22.8 Å². The fourth-order valence-electron chi connectivity index (χ4n) is 4.19. The summed E-state index contributed by atoms with van der Waals surface area (Å²) < 4.78 is 21.1. The highest BCUT2D eigenvalue weighted by molar-refractivity contribution is 5.94. The van der Waals surface area contributed by atoms with Gasteiger partial charge in [0.2, 0.25) is 0 Å². The molecule has 0 aliphatic rings. The highest BCUT2D eigenvalue weighted by Crippen LogP contribution is 2.29. The number of aliphatic hydroxyl groups is 2. The Balaban J connectivity index is 1.81. The van der Waals surface area contributed by atoms with Crippen LogP contribution in [0.25, 0.3) is 11.4 Å². The van der Waals surface area contributed by atoms with Gasteiger partial charge in [0.25, 0.3) is 5.91 Å². The molecule has 2 atom stereocenters. The maximum atomic E-state index is 13.6. The van der Waals surface area contributed by atoms with E-state index >= 15 is 0 Å². The molecule has 0 saturated carbocycles. The Kier molecular flexibility index (Phi) is 10.4. The molecule has 1 amide bonds. The number of aromatic nitrogens is 2. The monoisotopic (exact) mass is 527 g/mol. The SMILES string of the molecule is CC(C)c1c(C(=O)NCCOc2ccccc2)nc(-c2ccc(F)cc2)n1CC[C@@H](O)C[C@@H](O)CC(=O)O. The molecule has 3 aromatic rings. The number of nitrogens with one attached hydrogen (secondary N) is 1. The fourth-order valence-corrected chi connectivity index (χ4v) is 4.19. The smallest absolute Gasteiger partial charge is 0.305 e. The summed E-state index contributed by atoms with van der Waals surface area (Å²) in [6, 6.07) is 15.0. The highest BCUT2D eigenvalue weighted by Gasteiger charge is 2.26. The van der Waals surface area contributed by atoms with Crippen LogP contribution in [0, 0.1) is 5.82 Å². The minimum atomic E-state index is -1.18. The number of benzene rings is 2. The molecule has 10 heteroatoms. The Hall–Kier alpha value is -3.76. The summed E-state index contributed by atoms with van der Waals surface area (Å²) in [6.07, 6.45) is -2.52. The Bertz CT molecular complexity index is 1200. The molecule has 3 rings (SSSR count). The molecule has 38 heavy (non-hydrogen) atoms. The number of para-hydroxylation sites is 1. The summed E-state index contributed by atoms with van der Waals surface area (Å²) in [5.74, 6) is -0.921. The van der Waals surface area contributed by atoms with E-state index in [4.69, 9.17) is 9.84 Å². The fraction of sp³-hybridized carbons (Fsp3) is 0.393. The number of halogens is 1. The molecule has 1 aromatic heterocycles. The normalized spacial score (nSPS) is 12.8. The van der Waals surface area contributed by atoms with Gasteiger partial charge in [0.15, 0.2) is 0 Å². The Labute approximate surface area is 220 Å². The van der Waals surface area contributed by atoms with E-state index in [-0.39, 0.29) is 50.1 Å². The van der Waals surface area contributed by atoms with Crippen molar-refractivity contribution in [3.05, 3.63) is 71.8 Å². The van der Waals surface area contributed by atoms with Crippen molar-refractivity contribution in [3.8, 4) is 17.1 Å². The van der Waals surface area contributed by atoms with Crippen LogP contribution >= 0.6 is 0 Å². The molecule has 9 nitrogen and oxygen atoms in total. The molecule has 1 heterocycles. The second-order valence-electron chi connectivity index (χ2n) is 9.33. The van der Waals surface area contributed by atoms with Gasteiger partial charge in [-0.2, -0.15) is 0 Å². The number of nitrogens with zero attached hydrogens (tertiary/aromatic N) is 2. The van der Waals surface area contributed by atoms with Crippen LogP contribution in [0.4, 0.5) is 4.39 Å². The predicted molar refractivity (Wildman–Crippen MR) is 139 cm³/mol. The third-order valence-corrected chi connectivity index (χ3v) is 5.91. The van der Waals surface area contributed by atoms with Crippen LogP contribution in [-0.2, 0) is 11.3 Å². The predicted octanol–water partition coefficient (Wildman–Crippen LogP) is 3.60. The molecule has 0 saturated heterocycles. The number of aliphatic hydroxyl groups excluding tert-OH is 2. The van der Waals surface area contributed by atoms with Crippen molar-refractivity contribution in [2.75, 3.05) is 13.2 Å². The van der Waals surface area contributed by atoms with Crippen LogP contribution in [-0.4, -0.2) is 62.1 Å². The lowest BCUT2D eigenvalue weighted by molar-refractivity contribution is -0.139. The van der Waals surface area contributed by atoms with Gasteiger partial charge in [-0.05, 0) is 55.2 Å². The molecular weight excluding hydrogens is 493 g/mol. The second kappa shape index (κ2) is 13.7. The van der Waals surface area contributed by atoms with E-state index in [1.807, 2.05) is 48.7 Å². The molecule has 204 valence electrons. The average Bonchev–Trinajstić information content (AvgIpc) is 3.26. The molecule has 0 fully saturated rings. The lowest BCUT2D eigenvalue weighted by atomic mass is 10.0. The molecule has 0 bridgehead atoms. The van der Waals surface area contributed by atoms with E-state index in [0.717, 1.165) is 0 Å². The Morgan fingerprint density at radius 3 is 2.37 bits per heavy atom. The van der Waals surface area contributed by atoms with Gasteiger partial charge in [0.05, 0.1) is 30.9 Å². The van der Waals surface area contributed by atoms with Gasteiger partial charge < -0.3 is 29.9 Å². The van der Waals surface area contributed by atoms with Crippen LogP contribution in [0.3, 0.4) is 0 Å². The third-order valence-electron chi connectivity index (χ3n) is 5.91. The number of carboxylic acids is 1. The number of hydrogen-bond acceptors (Lipinski definition) is 6. The van der Waals surface area contributed by atoms with E-state index in [9.17, 15) is 24.2 Å². The molecular formula is C28H34FN3O6.